The summed E-state index contributed by atoms with van der Waals surface area (Å²) in [5.41, 5.74) is 1.23. The number of esters is 1. The van der Waals surface area contributed by atoms with E-state index < -0.39 is 0 Å². The Hall–Kier alpha value is -1.24. The van der Waals surface area contributed by atoms with Crippen LogP contribution in [0.3, 0.4) is 0 Å². The van der Waals surface area contributed by atoms with E-state index in [1.807, 2.05) is 23.9 Å². The molecule has 2 saturated carbocycles. The van der Waals surface area contributed by atoms with Gasteiger partial charge < -0.3 is 4.74 Å². The summed E-state index contributed by atoms with van der Waals surface area (Å²) >= 11 is 9.28. The molecule has 0 spiro atoms. The minimum Gasteiger partial charge on any atom is -0.465 e. The first kappa shape index (κ1) is 18.8. The Morgan fingerprint density at radius 3 is 2.75 bits per heavy atom. The van der Waals surface area contributed by atoms with Gasteiger partial charge in [0.05, 0.1) is 11.6 Å². The molecule has 0 saturated heterocycles. The van der Waals surface area contributed by atoms with E-state index in [0.717, 1.165) is 20.8 Å². The van der Waals surface area contributed by atoms with Crippen molar-refractivity contribution in [2.75, 3.05) is 6.61 Å². The molecule has 1 aromatic carbocycles. The zero-order valence-electron chi connectivity index (χ0n) is 15.6. The van der Waals surface area contributed by atoms with Crippen molar-refractivity contribution in [3.63, 3.8) is 0 Å². The Morgan fingerprint density at radius 2 is 2.00 bits per heavy atom. The molecule has 28 heavy (non-hydrogen) atoms. The Morgan fingerprint density at radius 1 is 1.25 bits per heavy atom. The van der Waals surface area contributed by atoms with Crippen molar-refractivity contribution < 1.29 is 9.53 Å². The third kappa shape index (κ3) is 2.96. The number of hydrogen-bond acceptors (Lipinski definition) is 5. The van der Waals surface area contributed by atoms with Gasteiger partial charge in [0, 0.05) is 21.1 Å². The first-order chi connectivity index (χ1) is 13.6. The third-order valence-electron chi connectivity index (χ3n) is 6.51. The maximum absolute atomic E-state index is 12.8. The quantitative estimate of drug-likeness (QED) is 0.648. The molecule has 2 aromatic rings. The molecule has 0 unspecified atom stereocenters. The van der Waals surface area contributed by atoms with Crippen LogP contribution in [0.5, 0.6) is 0 Å². The Bertz CT molecular complexity index is 967. The van der Waals surface area contributed by atoms with Crippen molar-refractivity contribution in [2.24, 2.45) is 17.8 Å². The minimum absolute atomic E-state index is 0.00429. The predicted octanol–water partition coefficient (Wildman–Crippen LogP) is 4.78. The number of ether oxygens (including phenoxy) is 1. The normalized spacial score (nSPS) is 30.1. The lowest BCUT2D eigenvalue weighted by molar-refractivity contribution is -0.144. The van der Waals surface area contributed by atoms with Gasteiger partial charge in [-0.25, -0.2) is 0 Å². The van der Waals surface area contributed by atoms with Crippen LogP contribution in [0.25, 0.3) is 0 Å². The summed E-state index contributed by atoms with van der Waals surface area (Å²) in [5, 5.41) is 2.23. The molecule has 1 aromatic heterocycles. The molecule has 0 amide bonds. The number of rotatable bonds is 4. The SMILES string of the molecule is CCOC(=O)Cn1c2c(sc1=O)[C@H](c1ccc(Cl)cc1)[C@H]1[C@@H]3CC[C@@H](C3)[C@@H]1S2. The number of nitrogens with zero attached hydrogens (tertiary/aromatic N) is 1. The van der Waals surface area contributed by atoms with Crippen molar-refractivity contribution in [1.82, 2.24) is 4.57 Å². The van der Waals surface area contributed by atoms with E-state index in [1.165, 1.54) is 36.2 Å². The van der Waals surface area contributed by atoms with Crippen molar-refractivity contribution in [1.29, 1.82) is 0 Å². The van der Waals surface area contributed by atoms with Gasteiger partial charge in [0.25, 0.3) is 0 Å². The summed E-state index contributed by atoms with van der Waals surface area (Å²) in [7, 11) is 0. The van der Waals surface area contributed by atoms with Crippen LogP contribution in [-0.2, 0) is 16.1 Å². The van der Waals surface area contributed by atoms with E-state index in [4.69, 9.17) is 16.3 Å². The number of thiazole rings is 1. The van der Waals surface area contributed by atoms with Crippen LogP contribution in [0.15, 0.2) is 34.1 Å². The van der Waals surface area contributed by atoms with Gasteiger partial charge in [0.1, 0.15) is 6.54 Å². The second-order valence-corrected chi connectivity index (χ2v) is 10.5. The molecule has 1 aliphatic heterocycles. The van der Waals surface area contributed by atoms with Crippen LogP contribution >= 0.6 is 34.7 Å². The Labute approximate surface area is 177 Å². The molecular formula is C21H22ClNO3S2. The van der Waals surface area contributed by atoms with Gasteiger partial charge in [-0.15, -0.1) is 11.8 Å². The van der Waals surface area contributed by atoms with Gasteiger partial charge in [-0.2, -0.15) is 0 Å². The number of hydrogen-bond donors (Lipinski definition) is 0. The zero-order valence-corrected chi connectivity index (χ0v) is 18.0. The fourth-order valence-corrected chi connectivity index (χ4v) is 8.74. The summed E-state index contributed by atoms with van der Waals surface area (Å²) in [6.45, 7) is 2.12. The lowest BCUT2D eigenvalue weighted by Crippen LogP contribution is -2.34. The number of carbonyl (C=O) groups excluding carboxylic acids is 1. The molecule has 2 aliphatic carbocycles. The van der Waals surface area contributed by atoms with Crippen molar-refractivity contribution in [3.05, 3.63) is 49.4 Å². The van der Waals surface area contributed by atoms with Crippen LogP contribution in [0.2, 0.25) is 5.02 Å². The van der Waals surface area contributed by atoms with Gasteiger partial charge in [0.15, 0.2) is 0 Å². The van der Waals surface area contributed by atoms with Gasteiger partial charge in [-0.3, -0.25) is 14.2 Å². The molecule has 7 heteroatoms. The van der Waals surface area contributed by atoms with E-state index in [1.54, 1.807) is 11.5 Å². The maximum Gasteiger partial charge on any atom is 0.326 e. The summed E-state index contributed by atoms with van der Waals surface area (Å²) < 4.78 is 6.75. The van der Waals surface area contributed by atoms with Crippen molar-refractivity contribution in [2.45, 2.75) is 48.9 Å². The zero-order chi connectivity index (χ0) is 19.4. The average molecular weight is 436 g/mol. The molecule has 0 N–H and O–H groups in total. The molecule has 148 valence electrons. The van der Waals surface area contributed by atoms with E-state index in [-0.39, 0.29) is 23.3 Å². The topological polar surface area (TPSA) is 48.3 Å². The number of halogens is 1. The molecule has 0 radical (unpaired) electrons. The van der Waals surface area contributed by atoms with Crippen LogP contribution < -0.4 is 4.87 Å². The maximum atomic E-state index is 12.8. The molecule has 5 atom stereocenters. The first-order valence-corrected chi connectivity index (χ1v) is 12.0. The predicted molar refractivity (Wildman–Crippen MR) is 112 cm³/mol. The molecule has 2 fully saturated rings. The molecule has 2 heterocycles. The van der Waals surface area contributed by atoms with Gasteiger partial charge >= 0.3 is 10.8 Å². The molecular weight excluding hydrogens is 414 g/mol. The molecule has 5 rings (SSSR count). The van der Waals surface area contributed by atoms with E-state index >= 15 is 0 Å². The summed E-state index contributed by atoms with van der Waals surface area (Å²) in [6, 6.07) is 8.10. The minimum atomic E-state index is -0.344. The Balaban J connectivity index is 1.61. The van der Waals surface area contributed by atoms with Gasteiger partial charge in [-0.05, 0) is 61.6 Å². The highest BCUT2D eigenvalue weighted by Crippen LogP contribution is 2.64. The number of thioether (sulfide) groups is 1. The second-order valence-electron chi connectivity index (χ2n) is 7.95. The monoisotopic (exact) mass is 435 g/mol. The summed E-state index contributed by atoms with van der Waals surface area (Å²) in [5.74, 6) is 1.88. The average Bonchev–Trinajstić information content (AvgIpc) is 3.36. The number of carbonyl (C=O) groups is 1. The Kier molecular flexibility index (Phi) is 4.84. The fourth-order valence-electron chi connectivity index (χ4n) is 5.47. The number of fused-ring (bicyclic) bond motifs is 6. The van der Waals surface area contributed by atoms with Gasteiger partial charge in [-0.1, -0.05) is 35.1 Å². The first-order valence-electron chi connectivity index (χ1n) is 9.88. The lowest BCUT2D eigenvalue weighted by Gasteiger charge is -2.40. The number of benzene rings is 1. The van der Waals surface area contributed by atoms with Crippen LogP contribution in [-0.4, -0.2) is 22.4 Å². The molecule has 4 nitrogen and oxygen atoms in total. The third-order valence-corrected chi connectivity index (χ3v) is 9.59. The van der Waals surface area contributed by atoms with Crippen LogP contribution in [0.1, 0.15) is 42.5 Å². The van der Waals surface area contributed by atoms with E-state index in [0.29, 0.717) is 23.7 Å². The highest BCUT2D eigenvalue weighted by atomic mass is 35.5. The van der Waals surface area contributed by atoms with Crippen LogP contribution in [0, 0.1) is 17.8 Å². The standard InChI is InChI=1S/C21H22ClNO3S2/c1-2-26-15(24)10-23-20-19(28-21(23)25)16(11-5-7-14(22)8-6-11)17-12-3-4-13(9-12)18(17)27-20/h5-8,12-13,16-18H,2-4,9-10H2,1H3/t12-,13+,16-,17-,18+/m1/s1. The van der Waals surface area contributed by atoms with Crippen LogP contribution in [0.4, 0.5) is 0 Å². The molecule has 2 bridgehead atoms. The smallest absolute Gasteiger partial charge is 0.326 e. The van der Waals surface area contributed by atoms with Gasteiger partial charge in [0.2, 0.25) is 0 Å². The second kappa shape index (κ2) is 7.22. The van der Waals surface area contributed by atoms with Crippen molar-refractivity contribution in [3.8, 4) is 0 Å². The number of aromatic nitrogens is 1. The lowest BCUT2D eigenvalue weighted by atomic mass is 9.75. The summed E-state index contributed by atoms with van der Waals surface area (Å²) in [6.07, 6.45) is 3.88. The van der Waals surface area contributed by atoms with Crippen molar-refractivity contribution >= 4 is 40.7 Å². The highest BCUT2D eigenvalue weighted by Gasteiger charge is 2.55. The molecule has 3 aliphatic rings. The highest BCUT2D eigenvalue weighted by molar-refractivity contribution is 8.00. The van der Waals surface area contributed by atoms with E-state index in [2.05, 4.69) is 12.1 Å². The summed E-state index contributed by atoms with van der Waals surface area (Å²) in [4.78, 5) is 26.0. The largest absolute Gasteiger partial charge is 0.465 e. The fraction of sp³-hybridized carbons (Fsp3) is 0.524. The van der Waals surface area contributed by atoms with E-state index in [9.17, 15) is 9.59 Å².